The van der Waals surface area contributed by atoms with Crippen molar-refractivity contribution in [2.24, 2.45) is 17.8 Å². The third-order valence-corrected chi connectivity index (χ3v) is 6.77. The number of rotatable bonds is 4. The highest BCUT2D eigenvalue weighted by atomic mass is 79.9. The van der Waals surface area contributed by atoms with Gasteiger partial charge in [0, 0.05) is 6.42 Å². The van der Waals surface area contributed by atoms with Gasteiger partial charge in [-0.3, -0.25) is 9.59 Å². The number of carboxylic acid groups (broad SMARTS) is 1. The first kappa shape index (κ1) is 19.2. The van der Waals surface area contributed by atoms with Gasteiger partial charge in [0.05, 0.1) is 10.0 Å². The lowest BCUT2D eigenvalue weighted by atomic mass is 9.75. The smallest absolute Gasteiger partial charge is 0.303 e. The van der Waals surface area contributed by atoms with Crippen molar-refractivity contribution in [1.29, 1.82) is 0 Å². The summed E-state index contributed by atoms with van der Waals surface area (Å²) in [5, 5.41) is 12.2. The zero-order valence-corrected chi connectivity index (χ0v) is 17.2. The number of halogens is 1. The Morgan fingerprint density at radius 1 is 1.42 bits per heavy atom. The number of carbonyl (C=O) groups excluding carboxylic acids is 1. The van der Waals surface area contributed by atoms with Crippen molar-refractivity contribution in [1.82, 2.24) is 5.32 Å². The van der Waals surface area contributed by atoms with Gasteiger partial charge in [0.25, 0.3) is 5.91 Å². The molecule has 0 spiro atoms. The predicted molar refractivity (Wildman–Crippen MR) is 102 cm³/mol. The standard InChI is InChI=1S/C20H26BrNO4/c1-9(2)13-6-5-12(8-15(23)24)16(13)14-7-10(3)18(21)19-17(14)20(25)22-11(4)26-19/h7,9,11-13,16H,5-6,8H2,1-4H3,(H,22,25)(H,23,24)/t11-,12+,13-,16-/m1/s1. The van der Waals surface area contributed by atoms with E-state index in [2.05, 4.69) is 35.1 Å². The average Bonchev–Trinajstić information content (AvgIpc) is 2.93. The maximum atomic E-state index is 12.8. The van der Waals surface area contributed by atoms with E-state index in [4.69, 9.17) is 4.74 Å². The molecule has 2 aliphatic rings. The van der Waals surface area contributed by atoms with Crippen LogP contribution in [-0.2, 0) is 4.79 Å². The summed E-state index contributed by atoms with van der Waals surface area (Å²) in [4.78, 5) is 24.2. The molecule has 3 rings (SSSR count). The Morgan fingerprint density at radius 3 is 2.73 bits per heavy atom. The number of amides is 1. The maximum absolute atomic E-state index is 12.8. The molecule has 0 unspecified atom stereocenters. The molecule has 26 heavy (non-hydrogen) atoms. The predicted octanol–water partition coefficient (Wildman–Crippen LogP) is 4.47. The van der Waals surface area contributed by atoms with E-state index >= 15 is 0 Å². The summed E-state index contributed by atoms with van der Waals surface area (Å²) >= 11 is 3.56. The summed E-state index contributed by atoms with van der Waals surface area (Å²) in [5.74, 6) is 0.534. The second-order valence-electron chi connectivity index (χ2n) is 7.90. The number of aryl methyl sites for hydroxylation is 1. The minimum Gasteiger partial charge on any atom is -0.481 e. The van der Waals surface area contributed by atoms with Gasteiger partial charge in [0.1, 0.15) is 5.75 Å². The van der Waals surface area contributed by atoms with E-state index < -0.39 is 5.97 Å². The highest BCUT2D eigenvalue weighted by molar-refractivity contribution is 9.10. The molecule has 1 fully saturated rings. The van der Waals surface area contributed by atoms with Gasteiger partial charge in [-0.15, -0.1) is 0 Å². The number of benzene rings is 1. The molecule has 0 bridgehead atoms. The fraction of sp³-hybridized carbons (Fsp3) is 0.600. The van der Waals surface area contributed by atoms with E-state index in [1.54, 1.807) is 6.92 Å². The van der Waals surface area contributed by atoms with Crippen molar-refractivity contribution in [3.63, 3.8) is 0 Å². The van der Waals surface area contributed by atoms with Crippen LogP contribution in [-0.4, -0.2) is 23.2 Å². The van der Waals surface area contributed by atoms with Crippen LogP contribution in [0.1, 0.15) is 67.4 Å². The van der Waals surface area contributed by atoms with Crippen molar-refractivity contribution in [3.05, 3.63) is 27.2 Å². The largest absolute Gasteiger partial charge is 0.481 e. The summed E-state index contributed by atoms with van der Waals surface area (Å²) in [6.45, 7) is 8.14. The highest BCUT2D eigenvalue weighted by Gasteiger charge is 2.43. The number of ether oxygens (including phenoxy) is 1. The Balaban J connectivity index is 2.17. The molecule has 0 saturated heterocycles. The molecule has 1 aromatic rings. The third kappa shape index (κ3) is 3.36. The van der Waals surface area contributed by atoms with Crippen LogP contribution in [0.3, 0.4) is 0 Å². The van der Waals surface area contributed by atoms with Crippen LogP contribution in [0.15, 0.2) is 10.5 Å². The Hall–Kier alpha value is -1.56. The van der Waals surface area contributed by atoms with Gasteiger partial charge >= 0.3 is 5.97 Å². The molecule has 142 valence electrons. The second-order valence-corrected chi connectivity index (χ2v) is 8.70. The zero-order valence-electron chi connectivity index (χ0n) is 15.6. The van der Waals surface area contributed by atoms with Crippen molar-refractivity contribution in [3.8, 4) is 5.75 Å². The highest BCUT2D eigenvalue weighted by Crippen LogP contribution is 2.52. The number of hydrogen-bond acceptors (Lipinski definition) is 3. The van der Waals surface area contributed by atoms with Gasteiger partial charge in [0.2, 0.25) is 0 Å². The molecule has 0 aromatic heterocycles. The van der Waals surface area contributed by atoms with Gasteiger partial charge in [0.15, 0.2) is 6.23 Å². The zero-order chi connectivity index (χ0) is 19.2. The number of hydrogen-bond donors (Lipinski definition) is 2. The fourth-order valence-corrected chi connectivity index (χ4v) is 5.07. The van der Waals surface area contributed by atoms with Crippen LogP contribution >= 0.6 is 15.9 Å². The minimum absolute atomic E-state index is 0.0386. The van der Waals surface area contributed by atoms with E-state index in [-0.39, 0.29) is 30.4 Å². The Labute approximate surface area is 162 Å². The maximum Gasteiger partial charge on any atom is 0.303 e. The first-order chi connectivity index (χ1) is 12.2. The van der Waals surface area contributed by atoms with Crippen LogP contribution in [0.2, 0.25) is 0 Å². The van der Waals surface area contributed by atoms with E-state index in [0.29, 0.717) is 23.1 Å². The van der Waals surface area contributed by atoms with Gasteiger partial charge in [-0.25, -0.2) is 0 Å². The molecule has 1 aliphatic heterocycles. The molecule has 1 saturated carbocycles. The van der Waals surface area contributed by atoms with Crippen LogP contribution in [0.5, 0.6) is 5.75 Å². The molecule has 6 heteroatoms. The quantitative estimate of drug-likeness (QED) is 0.748. The van der Waals surface area contributed by atoms with Crippen molar-refractivity contribution < 1.29 is 19.4 Å². The molecule has 2 N–H and O–H groups in total. The van der Waals surface area contributed by atoms with Gasteiger partial charge in [-0.1, -0.05) is 19.9 Å². The molecule has 1 heterocycles. The number of fused-ring (bicyclic) bond motifs is 1. The van der Waals surface area contributed by atoms with Gasteiger partial charge < -0.3 is 15.2 Å². The monoisotopic (exact) mass is 423 g/mol. The van der Waals surface area contributed by atoms with Crippen molar-refractivity contribution >= 4 is 27.8 Å². The topological polar surface area (TPSA) is 75.6 Å². The number of nitrogens with one attached hydrogen (secondary N) is 1. The van der Waals surface area contributed by atoms with Gasteiger partial charge in [-0.05, 0) is 77.4 Å². The molecular weight excluding hydrogens is 398 g/mol. The number of carboxylic acids is 1. The summed E-state index contributed by atoms with van der Waals surface area (Å²) in [6, 6.07) is 2.04. The Morgan fingerprint density at radius 2 is 2.12 bits per heavy atom. The lowest BCUT2D eigenvalue weighted by Gasteiger charge is -2.33. The molecule has 0 radical (unpaired) electrons. The molecule has 4 atom stereocenters. The SMILES string of the molecule is Cc1cc([C@@H]2[C@H](CC(=O)O)CC[C@@H]2C(C)C)c2c(c1Br)O[C@H](C)NC2=O. The first-order valence-corrected chi connectivity index (χ1v) is 10.0. The molecule has 1 aliphatic carbocycles. The van der Waals surface area contributed by atoms with Crippen LogP contribution in [0, 0.1) is 24.7 Å². The summed E-state index contributed by atoms with van der Waals surface area (Å²) in [6.07, 6.45) is 1.61. The minimum atomic E-state index is -0.776. The Bertz CT molecular complexity index is 746. The van der Waals surface area contributed by atoms with Crippen LogP contribution in [0.25, 0.3) is 0 Å². The first-order valence-electron chi connectivity index (χ1n) is 9.23. The van der Waals surface area contributed by atoms with Crippen molar-refractivity contribution in [2.45, 2.75) is 59.1 Å². The van der Waals surface area contributed by atoms with Crippen LogP contribution in [0.4, 0.5) is 0 Å². The van der Waals surface area contributed by atoms with Crippen molar-refractivity contribution in [2.75, 3.05) is 0 Å². The molecule has 1 amide bonds. The normalized spacial score (nSPS) is 27.8. The fourth-order valence-electron chi connectivity index (χ4n) is 4.66. The summed E-state index contributed by atoms with van der Waals surface area (Å²) in [7, 11) is 0. The lowest BCUT2D eigenvalue weighted by molar-refractivity contribution is -0.138. The second kappa shape index (κ2) is 7.22. The lowest BCUT2D eigenvalue weighted by Crippen LogP contribution is -2.42. The van der Waals surface area contributed by atoms with Gasteiger partial charge in [-0.2, -0.15) is 0 Å². The Kier molecular flexibility index (Phi) is 5.33. The van der Waals surface area contributed by atoms with E-state index in [9.17, 15) is 14.7 Å². The number of aliphatic carboxylic acids is 1. The molecule has 1 aromatic carbocycles. The van der Waals surface area contributed by atoms with E-state index in [1.165, 1.54) is 0 Å². The average molecular weight is 424 g/mol. The van der Waals surface area contributed by atoms with E-state index in [1.807, 2.05) is 13.0 Å². The molecule has 5 nitrogen and oxygen atoms in total. The molecular formula is C20H26BrNO4. The summed E-state index contributed by atoms with van der Waals surface area (Å²) in [5.41, 5.74) is 2.50. The van der Waals surface area contributed by atoms with Crippen LogP contribution < -0.4 is 10.1 Å². The van der Waals surface area contributed by atoms with E-state index in [0.717, 1.165) is 28.4 Å². The number of carbonyl (C=O) groups is 2. The third-order valence-electron chi connectivity index (χ3n) is 5.78. The summed E-state index contributed by atoms with van der Waals surface area (Å²) < 4.78 is 6.73.